The number of nitrogens with one attached hydrogen (secondary N) is 1. The van der Waals surface area contributed by atoms with Crippen LogP contribution in [0.25, 0.3) is 0 Å². The first-order chi connectivity index (χ1) is 12.6. The van der Waals surface area contributed by atoms with Gasteiger partial charge in [0, 0.05) is 26.1 Å². The Kier molecular flexibility index (Phi) is 6.69. The highest BCUT2D eigenvalue weighted by Gasteiger charge is 2.36. The van der Waals surface area contributed by atoms with Crippen LogP contribution in [0.15, 0.2) is 18.2 Å². The summed E-state index contributed by atoms with van der Waals surface area (Å²) in [7, 11) is 1.47. The van der Waals surface area contributed by atoms with E-state index in [-0.39, 0.29) is 49.6 Å². The Labute approximate surface area is 155 Å². The number of hydrogen-bond donors (Lipinski definition) is 1. The predicted octanol–water partition coefficient (Wildman–Crippen LogP) is 2.93. The van der Waals surface area contributed by atoms with E-state index in [0.717, 1.165) is 18.2 Å². The Balaban J connectivity index is 2.19. The molecule has 1 heterocycles. The van der Waals surface area contributed by atoms with Crippen molar-refractivity contribution in [3.8, 4) is 5.75 Å². The fourth-order valence-electron chi connectivity index (χ4n) is 2.81. The molecule has 2 rings (SSSR count). The summed E-state index contributed by atoms with van der Waals surface area (Å²) in [5, 5.41) is 2.49. The van der Waals surface area contributed by atoms with Gasteiger partial charge in [-0.1, -0.05) is 0 Å². The molecule has 150 valence electrons. The number of alkyl halides is 3. The van der Waals surface area contributed by atoms with Gasteiger partial charge < -0.3 is 19.7 Å². The van der Waals surface area contributed by atoms with Crippen molar-refractivity contribution >= 4 is 17.5 Å². The third-order valence-electron chi connectivity index (χ3n) is 4.26. The molecule has 6 nitrogen and oxygen atoms in total. The zero-order valence-corrected chi connectivity index (χ0v) is 15.4. The summed E-state index contributed by atoms with van der Waals surface area (Å²) in [6.45, 7) is 4.28. The van der Waals surface area contributed by atoms with Gasteiger partial charge >= 0.3 is 6.18 Å². The molecule has 0 saturated carbocycles. The Morgan fingerprint density at radius 3 is 2.59 bits per heavy atom. The summed E-state index contributed by atoms with van der Waals surface area (Å²) in [5.74, 6) is -1.17. The van der Waals surface area contributed by atoms with Crippen molar-refractivity contribution in [3.63, 3.8) is 0 Å². The number of hydrogen-bond acceptors (Lipinski definition) is 4. The molecule has 0 aromatic heterocycles. The predicted molar refractivity (Wildman–Crippen MR) is 92.4 cm³/mol. The Morgan fingerprint density at radius 1 is 1.33 bits per heavy atom. The van der Waals surface area contributed by atoms with Gasteiger partial charge in [0.05, 0.1) is 23.8 Å². The standard InChI is InChI=1S/C18H23F3N2O4/c1-11(2)23-10-12(8-16(23)24)17(25)22-14-9-13(18(19,20)21)4-5-15(14)27-7-6-26-3/h4-5,9,11-12H,6-8,10H2,1-3H3,(H,22,25). The number of rotatable bonds is 7. The molecule has 1 aliphatic heterocycles. The van der Waals surface area contributed by atoms with Gasteiger partial charge in [-0.25, -0.2) is 0 Å². The second-order valence-electron chi connectivity index (χ2n) is 6.58. The average Bonchev–Trinajstić information content (AvgIpc) is 2.97. The van der Waals surface area contributed by atoms with E-state index in [0.29, 0.717) is 0 Å². The smallest absolute Gasteiger partial charge is 0.416 e. The number of halogens is 3. The van der Waals surface area contributed by atoms with E-state index in [1.54, 1.807) is 4.90 Å². The fraction of sp³-hybridized carbons (Fsp3) is 0.556. The molecular weight excluding hydrogens is 365 g/mol. The number of carbonyl (C=O) groups is 2. The zero-order valence-electron chi connectivity index (χ0n) is 15.4. The number of benzene rings is 1. The van der Waals surface area contributed by atoms with E-state index in [4.69, 9.17) is 9.47 Å². The second kappa shape index (κ2) is 8.60. The quantitative estimate of drug-likeness (QED) is 0.730. The van der Waals surface area contributed by atoms with Crippen LogP contribution >= 0.6 is 0 Å². The lowest BCUT2D eigenvalue weighted by Crippen LogP contribution is -2.33. The SMILES string of the molecule is COCCOc1ccc(C(F)(F)F)cc1NC(=O)C1CC(=O)N(C(C)C)C1. The van der Waals surface area contributed by atoms with E-state index >= 15 is 0 Å². The molecular formula is C18H23F3N2O4. The molecule has 1 fully saturated rings. The molecule has 0 radical (unpaired) electrons. The highest BCUT2D eigenvalue weighted by atomic mass is 19.4. The number of methoxy groups -OCH3 is 1. The maximum Gasteiger partial charge on any atom is 0.416 e. The average molecular weight is 388 g/mol. The van der Waals surface area contributed by atoms with Crippen LogP contribution in [-0.4, -0.2) is 49.6 Å². The summed E-state index contributed by atoms with van der Waals surface area (Å²) < 4.78 is 49.3. The first-order valence-corrected chi connectivity index (χ1v) is 8.56. The first-order valence-electron chi connectivity index (χ1n) is 8.56. The Bertz CT molecular complexity index is 692. The van der Waals surface area contributed by atoms with Crippen LogP contribution < -0.4 is 10.1 Å². The van der Waals surface area contributed by atoms with Crippen molar-refractivity contribution in [1.29, 1.82) is 0 Å². The van der Waals surface area contributed by atoms with Gasteiger partial charge in [-0.3, -0.25) is 9.59 Å². The fourth-order valence-corrected chi connectivity index (χ4v) is 2.81. The van der Waals surface area contributed by atoms with Gasteiger partial charge in [-0.15, -0.1) is 0 Å². The van der Waals surface area contributed by atoms with Crippen molar-refractivity contribution in [2.45, 2.75) is 32.5 Å². The van der Waals surface area contributed by atoms with Gasteiger partial charge in [0.15, 0.2) is 0 Å². The lowest BCUT2D eigenvalue weighted by molar-refractivity contribution is -0.137. The lowest BCUT2D eigenvalue weighted by Gasteiger charge is -2.21. The number of ether oxygens (including phenoxy) is 2. The highest BCUT2D eigenvalue weighted by Crippen LogP contribution is 2.35. The summed E-state index contributed by atoms with van der Waals surface area (Å²) in [6, 6.07) is 2.83. The third kappa shape index (κ3) is 5.35. The molecule has 1 atom stereocenters. The number of likely N-dealkylation sites (tertiary alicyclic amines) is 1. The number of anilines is 1. The minimum atomic E-state index is -4.55. The first kappa shape index (κ1) is 21.0. The maximum atomic E-state index is 13.0. The van der Waals surface area contributed by atoms with Gasteiger partial charge in [0.2, 0.25) is 11.8 Å². The maximum absolute atomic E-state index is 13.0. The summed E-state index contributed by atoms with van der Waals surface area (Å²) in [6.07, 6.45) is -4.52. The van der Waals surface area contributed by atoms with Gasteiger partial charge in [-0.05, 0) is 32.0 Å². The molecule has 0 spiro atoms. The van der Waals surface area contributed by atoms with E-state index in [1.165, 1.54) is 7.11 Å². The highest BCUT2D eigenvalue weighted by molar-refractivity contribution is 5.98. The Hall–Kier alpha value is -2.29. The number of amides is 2. The van der Waals surface area contributed by atoms with Crippen LogP contribution in [0.2, 0.25) is 0 Å². The van der Waals surface area contributed by atoms with Crippen molar-refractivity contribution in [2.24, 2.45) is 5.92 Å². The molecule has 1 unspecified atom stereocenters. The van der Waals surface area contributed by atoms with Crippen LogP contribution in [0.1, 0.15) is 25.8 Å². The monoisotopic (exact) mass is 388 g/mol. The number of nitrogens with zero attached hydrogens (tertiary/aromatic N) is 1. The van der Waals surface area contributed by atoms with Gasteiger partial charge in [0.1, 0.15) is 12.4 Å². The molecule has 9 heteroatoms. The van der Waals surface area contributed by atoms with E-state index < -0.39 is 23.6 Å². The zero-order chi connectivity index (χ0) is 20.2. The van der Waals surface area contributed by atoms with Crippen molar-refractivity contribution in [2.75, 3.05) is 32.2 Å². The molecule has 1 aromatic rings. The van der Waals surface area contributed by atoms with Crippen molar-refractivity contribution in [3.05, 3.63) is 23.8 Å². The molecule has 1 saturated heterocycles. The molecule has 0 aliphatic carbocycles. The third-order valence-corrected chi connectivity index (χ3v) is 4.26. The molecule has 1 aliphatic rings. The molecule has 0 bridgehead atoms. The summed E-state index contributed by atoms with van der Waals surface area (Å²) >= 11 is 0. The van der Waals surface area contributed by atoms with Crippen LogP contribution in [-0.2, 0) is 20.5 Å². The van der Waals surface area contributed by atoms with Gasteiger partial charge in [0.25, 0.3) is 0 Å². The van der Waals surface area contributed by atoms with E-state index in [1.807, 2.05) is 13.8 Å². The van der Waals surface area contributed by atoms with Crippen LogP contribution in [0.3, 0.4) is 0 Å². The second-order valence-corrected chi connectivity index (χ2v) is 6.58. The Morgan fingerprint density at radius 2 is 2.04 bits per heavy atom. The van der Waals surface area contributed by atoms with Crippen molar-refractivity contribution in [1.82, 2.24) is 4.90 Å². The van der Waals surface area contributed by atoms with Crippen LogP contribution in [0, 0.1) is 5.92 Å². The lowest BCUT2D eigenvalue weighted by atomic mass is 10.1. The summed E-state index contributed by atoms with van der Waals surface area (Å²) in [5.41, 5.74) is -0.982. The minimum absolute atomic E-state index is 0.0306. The molecule has 27 heavy (non-hydrogen) atoms. The number of carbonyl (C=O) groups excluding carboxylic acids is 2. The van der Waals surface area contributed by atoms with Crippen molar-refractivity contribution < 1.29 is 32.2 Å². The minimum Gasteiger partial charge on any atom is -0.489 e. The van der Waals surface area contributed by atoms with E-state index in [2.05, 4.69) is 5.32 Å². The molecule has 2 amide bonds. The molecule has 1 aromatic carbocycles. The topological polar surface area (TPSA) is 67.9 Å². The van der Waals surface area contributed by atoms with E-state index in [9.17, 15) is 22.8 Å². The van der Waals surface area contributed by atoms with Crippen LogP contribution in [0.4, 0.5) is 18.9 Å². The van der Waals surface area contributed by atoms with Crippen LogP contribution in [0.5, 0.6) is 5.75 Å². The largest absolute Gasteiger partial charge is 0.489 e. The molecule has 1 N–H and O–H groups in total. The normalized spacial score (nSPS) is 17.5. The van der Waals surface area contributed by atoms with Gasteiger partial charge in [-0.2, -0.15) is 13.2 Å². The summed E-state index contributed by atoms with van der Waals surface area (Å²) in [4.78, 5) is 26.1.